The molecule has 1 heterocycles. The van der Waals surface area contributed by atoms with E-state index in [1.807, 2.05) is 52.0 Å². The average molecular weight is 403 g/mol. The summed E-state index contributed by atoms with van der Waals surface area (Å²) < 4.78 is 5.21. The van der Waals surface area contributed by atoms with Crippen LogP contribution in [0.4, 0.5) is 4.79 Å². The minimum absolute atomic E-state index is 0.392. The Balaban J connectivity index is 1.65. The van der Waals surface area contributed by atoms with Crippen molar-refractivity contribution in [1.82, 2.24) is 25.9 Å². The highest BCUT2D eigenvalue weighted by Gasteiger charge is 2.15. The van der Waals surface area contributed by atoms with Crippen LogP contribution in [0.1, 0.15) is 46.4 Å². The second kappa shape index (κ2) is 11.3. The van der Waals surface area contributed by atoms with Gasteiger partial charge in [-0.3, -0.25) is 4.99 Å². The SMILES string of the molecule is CCNC(=NCCCNC(=O)OC(C)(C)C)NCCCc1nc2ccccc2[nH]1. The summed E-state index contributed by atoms with van der Waals surface area (Å²) in [5.74, 6) is 1.79. The van der Waals surface area contributed by atoms with Crippen molar-refractivity contribution in [2.75, 3.05) is 26.2 Å². The van der Waals surface area contributed by atoms with Crippen molar-refractivity contribution in [3.05, 3.63) is 30.1 Å². The van der Waals surface area contributed by atoms with Crippen LogP contribution in [0, 0.1) is 0 Å². The average Bonchev–Trinajstić information content (AvgIpc) is 3.06. The van der Waals surface area contributed by atoms with E-state index in [1.165, 1.54) is 0 Å². The molecule has 0 spiro atoms. The highest BCUT2D eigenvalue weighted by molar-refractivity contribution is 5.79. The fourth-order valence-electron chi connectivity index (χ4n) is 2.70. The van der Waals surface area contributed by atoms with Crippen LogP contribution in [-0.4, -0.2) is 53.8 Å². The fourth-order valence-corrected chi connectivity index (χ4v) is 2.70. The van der Waals surface area contributed by atoms with Crippen LogP contribution in [0.5, 0.6) is 0 Å². The van der Waals surface area contributed by atoms with E-state index in [2.05, 4.69) is 30.9 Å². The Bertz CT molecular complexity index is 761. The Kier molecular flexibility index (Phi) is 8.76. The van der Waals surface area contributed by atoms with E-state index >= 15 is 0 Å². The molecule has 0 aliphatic heterocycles. The number of aliphatic imine (C=N–C) groups is 1. The first-order valence-corrected chi connectivity index (χ1v) is 10.3. The number of nitrogens with zero attached hydrogens (tertiary/aromatic N) is 2. The number of carbonyl (C=O) groups is 1. The van der Waals surface area contributed by atoms with Gasteiger partial charge in [-0.1, -0.05) is 12.1 Å². The van der Waals surface area contributed by atoms with E-state index in [1.54, 1.807) is 0 Å². The van der Waals surface area contributed by atoms with Gasteiger partial charge < -0.3 is 25.7 Å². The molecular formula is C21H34N6O2. The van der Waals surface area contributed by atoms with Gasteiger partial charge in [0, 0.05) is 32.6 Å². The lowest BCUT2D eigenvalue weighted by molar-refractivity contribution is 0.0527. The molecule has 1 aromatic heterocycles. The molecule has 0 radical (unpaired) electrons. The Morgan fingerprint density at radius 3 is 2.62 bits per heavy atom. The van der Waals surface area contributed by atoms with Gasteiger partial charge >= 0.3 is 6.09 Å². The topological polar surface area (TPSA) is 103 Å². The number of guanidine groups is 1. The molecule has 160 valence electrons. The summed E-state index contributed by atoms with van der Waals surface area (Å²) in [5.41, 5.74) is 1.60. The standard InChI is InChI=1S/C21H34N6O2/c1-5-22-19(24-14-9-15-25-20(28)29-21(2,3)4)23-13-8-12-18-26-16-10-6-7-11-17(16)27-18/h6-7,10-11H,5,8-9,12-15H2,1-4H3,(H,25,28)(H,26,27)(H2,22,23,24). The monoisotopic (exact) mass is 402 g/mol. The lowest BCUT2D eigenvalue weighted by Crippen LogP contribution is -2.38. The van der Waals surface area contributed by atoms with Gasteiger partial charge in [0.1, 0.15) is 11.4 Å². The number of benzene rings is 1. The summed E-state index contributed by atoms with van der Waals surface area (Å²) in [6, 6.07) is 8.06. The number of amides is 1. The van der Waals surface area contributed by atoms with Crippen molar-refractivity contribution in [3.63, 3.8) is 0 Å². The fraction of sp³-hybridized carbons (Fsp3) is 0.571. The van der Waals surface area contributed by atoms with Gasteiger partial charge in [0.2, 0.25) is 0 Å². The number of nitrogens with one attached hydrogen (secondary N) is 4. The molecular weight excluding hydrogens is 368 g/mol. The predicted octanol–water partition coefficient (Wildman–Crippen LogP) is 2.97. The minimum atomic E-state index is -0.479. The number of fused-ring (bicyclic) bond motifs is 1. The maximum atomic E-state index is 11.6. The van der Waals surface area contributed by atoms with Crippen LogP contribution < -0.4 is 16.0 Å². The quantitative estimate of drug-likeness (QED) is 0.293. The Hall–Kier alpha value is -2.77. The van der Waals surface area contributed by atoms with Crippen molar-refractivity contribution >= 4 is 23.1 Å². The van der Waals surface area contributed by atoms with Crippen LogP contribution in [-0.2, 0) is 11.2 Å². The molecule has 0 aliphatic carbocycles. The van der Waals surface area contributed by atoms with Gasteiger partial charge in [0.05, 0.1) is 11.0 Å². The molecule has 8 nitrogen and oxygen atoms in total. The molecule has 0 bridgehead atoms. The molecule has 1 aromatic carbocycles. The largest absolute Gasteiger partial charge is 0.444 e. The number of hydrogen-bond acceptors (Lipinski definition) is 4. The molecule has 0 atom stereocenters. The zero-order chi connectivity index (χ0) is 21.1. The van der Waals surface area contributed by atoms with E-state index in [0.717, 1.165) is 55.2 Å². The summed E-state index contributed by atoms with van der Waals surface area (Å²) in [7, 11) is 0. The molecule has 0 fully saturated rings. The summed E-state index contributed by atoms with van der Waals surface area (Å²) in [5, 5.41) is 9.32. The molecule has 4 N–H and O–H groups in total. The van der Waals surface area contributed by atoms with E-state index in [4.69, 9.17) is 4.74 Å². The smallest absolute Gasteiger partial charge is 0.407 e. The number of H-pyrrole nitrogens is 1. The number of alkyl carbamates (subject to hydrolysis) is 1. The van der Waals surface area contributed by atoms with Gasteiger partial charge in [0.25, 0.3) is 0 Å². The van der Waals surface area contributed by atoms with E-state index in [-0.39, 0.29) is 0 Å². The number of ether oxygens (including phenoxy) is 1. The van der Waals surface area contributed by atoms with Crippen LogP contribution in [0.2, 0.25) is 0 Å². The van der Waals surface area contributed by atoms with Gasteiger partial charge in [-0.15, -0.1) is 0 Å². The highest BCUT2D eigenvalue weighted by atomic mass is 16.6. The third kappa shape index (κ3) is 8.85. The van der Waals surface area contributed by atoms with Crippen LogP contribution >= 0.6 is 0 Å². The highest BCUT2D eigenvalue weighted by Crippen LogP contribution is 2.11. The van der Waals surface area contributed by atoms with Crippen LogP contribution in [0.15, 0.2) is 29.3 Å². The molecule has 0 saturated carbocycles. The van der Waals surface area contributed by atoms with Crippen molar-refractivity contribution in [3.8, 4) is 0 Å². The molecule has 8 heteroatoms. The molecule has 1 amide bonds. The van der Waals surface area contributed by atoms with E-state index in [9.17, 15) is 4.79 Å². The number of aromatic amines is 1. The summed E-state index contributed by atoms with van der Waals surface area (Å²) in [6.07, 6.45) is 2.18. The summed E-state index contributed by atoms with van der Waals surface area (Å²) in [6.45, 7) is 10.3. The number of aromatic nitrogens is 2. The number of hydrogen-bond donors (Lipinski definition) is 4. The first kappa shape index (κ1) is 22.5. The maximum absolute atomic E-state index is 11.6. The lowest BCUT2D eigenvalue weighted by atomic mass is 10.2. The Labute approximate surface area is 172 Å². The number of carbonyl (C=O) groups excluding carboxylic acids is 1. The van der Waals surface area contributed by atoms with E-state index < -0.39 is 11.7 Å². The van der Waals surface area contributed by atoms with Crippen LogP contribution in [0.3, 0.4) is 0 Å². The summed E-state index contributed by atoms with van der Waals surface area (Å²) >= 11 is 0. The Morgan fingerprint density at radius 2 is 1.90 bits per heavy atom. The van der Waals surface area contributed by atoms with Crippen molar-refractivity contribution in [2.24, 2.45) is 4.99 Å². The van der Waals surface area contributed by atoms with Gasteiger partial charge in [-0.2, -0.15) is 0 Å². The molecule has 0 unspecified atom stereocenters. The number of rotatable bonds is 9. The van der Waals surface area contributed by atoms with E-state index in [0.29, 0.717) is 13.1 Å². The normalized spacial score (nSPS) is 12.1. The third-order valence-corrected chi connectivity index (χ3v) is 3.94. The lowest BCUT2D eigenvalue weighted by Gasteiger charge is -2.19. The van der Waals surface area contributed by atoms with Crippen molar-refractivity contribution < 1.29 is 9.53 Å². The molecule has 0 saturated heterocycles. The predicted molar refractivity (Wildman–Crippen MR) is 117 cm³/mol. The maximum Gasteiger partial charge on any atom is 0.407 e. The van der Waals surface area contributed by atoms with Gasteiger partial charge in [0.15, 0.2) is 5.96 Å². The van der Waals surface area contributed by atoms with Crippen molar-refractivity contribution in [1.29, 1.82) is 0 Å². The zero-order valence-electron chi connectivity index (χ0n) is 18.0. The molecule has 2 aromatic rings. The number of imidazole rings is 1. The second-order valence-electron chi connectivity index (χ2n) is 7.77. The van der Waals surface area contributed by atoms with Crippen LogP contribution in [0.25, 0.3) is 11.0 Å². The first-order chi connectivity index (χ1) is 13.9. The van der Waals surface area contributed by atoms with Crippen molar-refractivity contribution in [2.45, 2.75) is 52.6 Å². The zero-order valence-corrected chi connectivity index (χ0v) is 18.0. The number of aryl methyl sites for hydroxylation is 1. The Morgan fingerprint density at radius 1 is 1.14 bits per heavy atom. The summed E-state index contributed by atoms with van der Waals surface area (Å²) in [4.78, 5) is 24.1. The van der Waals surface area contributed by atoms with Gasteiger partial charge in [-0.05, 0) is 52.7 Å². The second-order valence-corrected chi connectivity index (χ2v) is 7.77. The van der Waals surface area contributed by atoms with Gasteiger partial charge in [-0.25, -0.2) is 9.78 Å². The third-order valence-electron chi connectivity index (χ3n) is 3.94. The minimum Gasteiger partial charge on any atom is -0.444 e. The molecule has 0 aliphatic rings. The number of para-hydroxylation sites is 2. The first-order valence-electron chi connectivity index (χ1n) is 10.3. The molecule has 2 rings (SSSR count). The molecule has 29 heavy (non-hydrogen) atoms.